The quantitative estimate of drug-likeness (QED) is 0.869. The van der Waals surface area contributed by atoms with E-state index in [0.29, 0.717) is 4.48 Å². The van der Waals surface area contributed by atoms with Gasteiger partial charge in [0.25, 0.3) is 0 Å². The molecule has 0 fully saturated rings. The maximum Gasteiger partial charge on any atom is 0.471 e. The average molecular weight is 325 g/mol. The number of aliphatic imine (C=N–C) groups is 1. The molecular weight excluding hydrogens is 317 g/mol. The van der Waals surface area contributed by atoms with Crippen molar-refractivity contribution in [2.24, 2.45) is 4.99 Å². The summed E-state index contributed by atoms with van der Waals surface area (Å²) in [6.45, 7) is 4.94. The van der Waals surface area contributed by atoms with E-state index in [2.05, 4.69) is 32.6 Å². The molecule has 0 bridgehead atoms. The van der Waals surface area contributed by atoms with Gasteiger partial charge in [-0.25, -0.2) is 4.99 Å². The molecule has 0 saturated heterocycles. The van der Waals surface area contributed by atoms with Crippen molar-refractivity contribution in [3.05, 3.63) is 10.7 Å². The zero-order valence-electron chi connectivity index (χ0n) is 9.12. The Balaban J connectivity index is 3.00. The van der Waals surface area contributed by atoms with Gasteiger partial charge in [-0.3, -0.25) is 9.36 Å². The van der Waals surface area contributed by atoms with Gasteiger partial charge in [0.15, 0.2) is 5.82 Å². The normalized spacial score (nSPS) is 12.4. The van der Waals surface area contributed by atoms with Crippen LogP contribution in [-0.2, 0) is 4.79 Å². The molecule has 0 aliphatic rings. The van der Waals surface area contributed by atoms with Crippen LogP contribution >= 0.6 is 15.9 Å². The van der Waals surface area contributed by atoms with Crippen molar-refractivity contribution >= 4 is 46.5 Å². The van der Waals surface area contributed by atoms with Crippen molar-refractivity contribution in [1.82, 2.24) is 9.55 Å². The fourth-order valence-electron chi connectivity index (χ4n) is 1.03. The number of aromatic nitrogens is 2. The summed E-state index contributed by atoms with van der Waals surface area (Å²) in [5.74, 6) is -2.29. The van der Waals surface area contributed by atoms with E-state index in [1.54, 1.807) is 12.2 Å². The Kier molecular flexibility index (Phi) is 4.28. The highest BCUT2D eigenvalue weighted by molar-refractivity contribution is 9.11. The summed E-state index contributed by atoms with van der Waals surface area (Å²) in [5.41, 5.74) is 0. The molecule has 0 unspecified atom stereocenters. The van der Waals surface area contributed by atoms with Gasteiger partial charge in [-0.15, -0.1) is 0 Å². The topological polar surface area (TPSA) is 59.3 Å². The summed E-state index contributed by atoms with van der Waals surface area (Å²) in [5, 5.41) is 1.62. The van der Waals surface area contributed by atoms with Crippen molar-refractivity contribution < 1.29 is 18.0 Å². The molecule has 1 aromatic rings. The second-order valence-corrected chi connectivity index (χ2v) is 4.41. The van der Waals surface area contributed by atoms with Gasteiger partial charge in [0.2, 0.25) is 5.95 Å². The number of nitrogens with zero attached hydrogens (tertiary/aromatic N) is 3. The predicted octanol–water partition coefficient (Wildman–Crippen LogP) is 2.93. The van der Waals surface area contributed by atoms with Gasteiger partial charge in [-0.2, -0.15) is 18.2 Å². The molecule has 1 rings (SSSR count). The van der Waals surface area contributed by atoms with E-state index in [0.717, 1.165) is 0 Å². The molecule has 0 aliphatic carbocycles. The first-order valence-corrected chi connectivity index (χ1v) is 5.31. The van der Waals surface area contributed by atoms with Gasteiger partial charge < -0.3 is 5.32 Å². The van der Waals surface area contributed by atoms with Crippen LogP contribution in [0, 0.1) is 0 Å². The number of hydrogen-bond acceptors (Lipinski definition) is 3. The standard InChI is InChI=1S/C9H8BrF3N4O/c1-5(10)3-17-4-6(16-8(17)14-2)15-7(18)9(11,12)13/h3-4H,2H2,1H3,(H,15,18)/b5-3+. The second kappa shape index (κ2) is 5.34. The van der Waals surface area contributed by atoms with Crippen molar-refractivity contribution in [2.75, 3.05) is 5.32 Å². The summed E-state index contributed by atoms with van der Waals surface area (Å²) < 4.78 is 38.1. The van der Waals surface area contributed by atoms with E-state index >= 15 is 0 Å². The minimum atomic E-state index is -4.97. The number of imidazole rings is 1. The zero-order valence-corrected chi connectivity index (χ0v) is 10.7. The third kappa shape index (κ3) is 3.69. The summed E-state index contributed by atoms with van der Waals surface area (Å²) >= 11 is 3.15. The van der Waals surface area contributed by atoms with Crippen LogP contribution in [0.4, 0.5) is 24.9 Å². The number of alkyl halides is 3. The Morgan fingerprint density at radius 2 is 2.28 bits per heavy atom. The van der Waals surface area contributed by atoms with Crippen LogP contribution in [0.15, 0.2) is 15.7 Å². The van der Waals surface area contributed by atoms with Crippen LogP contribution in [0.2, 0.25) is 0 Å². The Morgan fingerprint density at radius 3 is 2.72 bits per heavy atom. The molecule has 5 nitrogen and oxygen atoms in total. The Bertz CT molecular complexity index is 502. The average Bonchev–Trinajstić information content (AvgIpc) is 2.57. The maximum absolute atomic E-state index is 12.0. The number of halogens is 4. The molecule has 18 heavy (non-hydrogen) atoms. The molecule has 98 valence electrons. The van der Waals surface area contributed by atoms with Gasteiger partial charge in [-0.05, 0) is 13.6 Å². The van der Waals surface area contributed by atoms with E-state index in [1.807, 2.05) is 0 Å². The molecular formula is C9H8BrF3N4O. The number of rotatable bonds is 3. The van der Waals surface area contributed by atoms with Gasteiger partial charge in [-0.1, -0.05) is 15.9 Å². The molecule has 0 aromatic carbocycles. The Hall–Kier alpha value is -1.64. The lowest BCUT2D eigenvalue weighted by molar-refractivity contribution is -0.167. The third-order valence-corrected chi connectivity index (χ3v) is 1.87. The van der Waals surface area contributed by atoms with Crippen LogP contribution in [-0.4, -0.2) is 28.4 Å². The van der Waals surface area contributed by atoms with Crippen molar-refractivity contribution in [2.45, 2.75) is 13.1 Å². The lowest BCUT2D eigenvalue weighted by Crippen LogP contribution is -2.30. The van der Waals surface area contributed by atoms with Crippen LogP contribution < -0.4 is 5.32 Å². The van der Waals surface area contributed by atoms with Crippen LogP contribution in [0.1, 0.15) is 6.92 Å². The first-order valence-electron chi connectivity index (χ1n) is 4.51. The molecule has 0 aliphatic heterocycles. The fraction of sp³-hybridized carbons (Fsp3) is 0.222. The van der Waals surface area contributed by atoms with Gasteiger partial charge in [0.05, 0.1) is 6.20 Å². The number of allylic oxidation sites excluding steroid dienone is 1. The zero-order chi connectivity index (χ0) is 13.9. The highest BCUT2D eigenvalue weighted by atomic mass is 79.9. The van der Waals surface area contributed by atoms with Crippen LogP contribution in [0.5, 0.6) is 0 Å². The molecule has 1 aromatic heterocycles. The lowest BCUT2D eigenvalue weighted by Gasteiger charge is -2.04. The van der Waals surface area contributed by atoms with E-state index in [-0.39, 0.29) is 11.8 Å². The molecule has 1 heterocycles. The van der Waals surface area contributed by atoms with Gasteiger partial charge in [0.1, 0.15) is 0 Å². The van der Waals surface area contributed by atoms with E-state index < -0.39 is 12.1 Å². The molecule has 0 radical (unpaired) electrons. The molecule has 9 heteroatoms. The van der Waals surface area contributed by atoms with Crippen LogP contribution in [0.25, 0.3) is 6.20 Å². The number of hydrogen-bond donors (Lipinski definition) is 1. The maximum atomic E-state index is 12.0. The highest BCUT2D eigenvalue weighted by Crippen LogP contribution is 2.21. The predicted molar refractivity (Wildman–Crippen MR) is 65.0 cm³/mol. The highest BCUT2D eigenvalue weighted by Gasteiger charge is 2.39. The largest absolute Gasteiger partial charge is 0.471 e. The monoisotopic (exact) mass is 324 g/mol. The number of anilines is 1. The van der Waals surface area contributed by atoms with Crippen molar-refractivity contribution in [1.29, 1.82) is 0 Å². The number of amides is 1. The van der Waals surface area contributed by atoms with Crippen molar-refractivity contribution in [3.63, 3.8) is 0 Å². The van der Waals surface area contributed by atoms with Crippen LogP contribution in [0.3, 0.4) is 0 Å². The molecule has 1 amide bonds. The number of nitrogens with one attached hydrogen (secondary N) is 1. The Morgan fingerprint density at radius 1 is 1.67 bits per heavy atom. The summed E-state index contributed by atoms with van der Waals surface area (Å²) in [7, 11) is 0. The fourth-order valence-corrected chi connectivity index (χ4v) is 1.26. The lowest BCUT2D eigenvalue weighted by atomic mass is 10.5. The van der Waals surface area contributed by atoms with E-state index in [1.165, 1.54) is 17.0 Å². The molecule has 0 atom stereocenters. The smallest absolute Gasteiger partial charge is 0.301 e. The number of carbonyl (C=O) groups excluding carboxylic acids is 1. The minimum absolute atomic E-state index is 0.0614. The van der Waals surface area contributed by atoms with Gasteiger partial charge in [0, 0.05) is 10.7 Å². The molecule has 0 spiro atoms. The summed E-state index contributed by atoms with van der Waals surface area (Å²) in [4.78, 5) is 17.9. The number of carbonyl (C=O) groups is 1. The van der Waals surface area contributed by atoms with E-state index in [4.69, 9.17) is 0 Å². The van der Waals surface area contributed by atoms with Crippen molar-refractivity contribution in [3.8, 4) is 0 Å². The molecule has 0 saturated carbocycles. The second-order valence-electron chi connectivity index (χ2n) is 3.16. The minimum Gasteiger partial charge on any atom is -0.301 e. The summed E-state index contributed by atoms with van der Waals surface area (Å²) in [6.07, 6.45) is -2.26. The first kappa shape index (κ1) is 14.4. The Labute approximate surface area is 109 Å². The SMILES string of the molecule is C=Nc1nc(NC(=O)C(F)(F)F)cn1/C=C(\C)Br. The third-order valence-electron chi connectivity index (χ3n) is 1.67. The molecule has 1 N–H and O–H groups in total. The van der Waals surface area contributed by atoms with Gasteiger partial charge >= 0.3 is 12.1 Å². The van der Waals surface area contributed by atoms with E-state index in [9.17, 15) is 18.0 Å². The first-order chi connectivity index (χ1) is 8.24. The summed E-state index contributed by atoms with van der Waals surface area (Å²) in [6, 6.07) is 0.